The molecular weight excluding hydrogens is 292 g/mol. The molecule has 0 spiro atoms. The lowest BCUT2D eigenvalue weighted by molar-refractivity contribution is -0.134. The molecule has 1 aromatic rings. The van der Waals surface area contributed by atoms with Gasteiger partial charge in [0.15, 0.2) is 0 Å². The highest BCUT2D eigenvalue weighted by atomic mass is 16.2. The molecule has 1 aromatic heterocycles. The van der Waals surface area contributed by atoms with Crippen molar-refractivity contribution in [1.29, 1.82) is 0 Å². The summed E-state index contributed by atoms with van der Waals surface area (Å²) in [7, 11) is 0. The van der Waals surface area contributed by atoms with Gasteiger partial charge in [0.1, 0.15) is 0 Å². The quantitative estimate of drug-likeness (QED) is 0.830. The van der Waals surface area contributed by atoms with Gasteiger partial charge in [0.2, 0.25) is 11.8 Å². The number of carbonyl (C=O) groups is 2. The summed E-state index contributed by atoms with van der Waals surface area (Å²) >= 11 is 0. The summed E-state index contributed by atoms with van der Waals surface area (Å²) in [5, 5.41) is 0. The van der Waals surface area contributed by atoms with Crippen LogP contribution in [0.15, 0.2) is 18.7 Å². The van der Waals surface area contributed by atoms with Crippen molar-refractivity contribution in [3.8, 4) is 0 Å². The van der Waals surface area contributed by atoms with Crippen molar-refractivity contribution in [2.45, 2.75) is 45.1 Å². The van der Waals surface area contributed by atoms with E-state index in [1.54, 1.807) is 12.5 Å². The second-order valence-corrected chi connectivity index (χ2v) is 6.83. The van der Waals surface area contributed by atoms with Gasteiger partial charge in [-0.15, -0.1) is 0 Å². The summed E-state index contributed by atoms with van der Waals surface area (Å²) in [6, 6.07) is 0.143. The predicted molar refractivity (Wildman–Crippen MR) is 86.7 cm³/mol. The molecule has 0 bridgehead atoms. The molecule has 126 valence electrons. The standard InChI is InChI=1S/C17H26N4O2/c1-14(21-10-6-18-13-21)11-17(23)19-8-4-15(5-9-19)12-20-7-2-3-16(20)22/h6,10,13-15H,2-5,7-9,11-12H2,1H3. The van der Waals surface area contributed by atoms with Gasteiger partial charge in [-0.05, 0) is 32.1 Å². The number of hydrogen-bond donors (Lipinski definition) is 0. The van der Waals surface area contributed by atoms with Crippen LogP contribution in [0.25, 0.3) is 0 Å². The number of carbonyl (C=O) groups excluding carboxylic acids is 2. The predicted octanol–water partition coefficient (Wildman–Crippen LogP) is 1.70. The van der Waals surface area contributed by atoms with Crippen LogP contribution in [0.2, 0.25) is 0 Å². The van der Waals surface area contributed by atoms with Crippen LogP contribution in [0.1, 0.15) is 45.1 Å². The van der Waals surface area contributed by atoms with Gasteiger partial charge in [-0.1, -0.05) is 0 Å². The molecule has 0 N–H and O–H groups in total. The second-order valence-electron chi connectivity index (χ2n) is 6.83. The average molecular weight is 318 g/mol. The van der Waals surface area contributed by atoms with Crippen LogP contribution < -0.4 is 0 Å². The van der Waals surface area contributed by atoms with Crippen LogP contribution in [0.5, 0.6) is 0 Å². The monoisotopic (exact) mass is 318 g/mol. The van der Waals surface area contributed by atoms with Gasteiger partial charge in [0, 0.05) is 57.5 Å². The SMILES string of the molecule is CC(CC(=O)N1CCC(CN2CCCC2=O)CC1)n1ccnc1. The third-order valence-electron chi connectivity index (χ3n) is 5.12. The number of amides is 2. The number of likely N-dealkylation sites (tertiary alicyclic amines) is 2. The number of rotatable bonds is 5. The summed E-state index contributed by atoms with van der Waals surface area (Å²) in [5.41, 5.74) is 0. The van der Waals surface area contributed by atoms with Gasteiger partial charge in [0.25, 0.3) is 0 Å². The Morgan fingerprint density at radius 1 is 1.35 bits per heavy atom. The van der Waals surface area contributed by atoms with Crippen LogP contribution in [0.4, 0.5) is 0 Å². The molecular formula is C17H26N4O2. The first-order valence-electron chi connectivity index (χ1n) is 8.66. The fourth-order valence-electron chi connectivity index (χ4n) is 3.59. The van der Waals surface area contributed by atoms with E-state index in [1.165, 1.54) is 0 Å². The summed E-state index contributed by atoms with van der Waals surface area (Å²) < 4.78 is 1.98. The Kier molecular flexibility index (Phi) is 4.98. The number of imidazole rings is 1. The third-order valence-corrected chi connectivity index (χ3v) is 5.12. The first-order chi connectivity index (χ1) is 11.1. The molecule has 6 heteroatoms. The lowest BCUT2D eigenvalue weighted by Crippen LogP contribution is -2.42. The molecule has 1 unspecified atom stereocenters. The molecule has 6 nitrogen and oxygen atoms in total. The van der Waals surface area contributed by atoms with Crippen LogP contribution in [0, 0.1) is 5.92 Å². The maximum Gasteiger partial charge on any atom is 0.224 e. The molecule has 3 rings (SSSR count). The Labute approximate surface area is 137 Å². The Morgan fingerprint density at radius 2 is 2.13 bits per heavy atom. The van der Waals surface area contributed by atoms with E-state index in [2.05, 4.69) is 4.98 Å². The third kappa shape index (κ3) is 3.92. The molecule has 2 fully saturated rings. The van der Waals surface area contributed by atoms with Gasteiger partial charge >= 0.3 is 0 Å². The normalized spacial score (nSPS) is 21.0. The van der Waals surface area contributed by atoms with E-state index < -0.39 is 0 Å². The molecule has 0 aromatic carbocycles. The van der Waals surface area contributed by atoms with Gasteiger partial charge < -0.3 is 14.4 Å². The molecule has 0 radical (unpaired) electrons. The highest BCUT2D eigenvalue weighted by Gasteiger charge is 2.28. The fourth-order valence-corrected chi connectivity index (χ4v) is 3.59. The zero-order valence-electron chi connectivity index (χ0n) is 13.9. The Bertz CT molecular complexity index is 535. The lowest BCUT2D eigenvalue weighted by atomic mass is 9.96. The molecule has 0 saturated carbocycles. The zero-order chi connectivity index (χ0) is 16.2. The van der Waals surface area contributed by atoms with Crippen LogP contribution in [-0.2, 0) is 9.59 Å². The van der Waals surface area contributed by atoms with Gasteiger partial charge in [-0.3, -0.25) is 9.59 Å². The summed E-state index contributed by atoms with van der Waals surface area (Å²) in [6.07, 6.45) is 9.65. The number of aromatic nitrogens is 2. The highest BCUT2D eigenvalue weighted by Crippen LogP contribution is 2.22. The van der Waals surface area contributed by atoms with Crippen molar-refractivity contribution in [2.24, 2.45) is 5.92 Å². The maximum atomic E-state index is 12.4. The summed E-state index contributed by atoms with van der Waals surface area (Å²) in [5.74, 6) is 1.08. The van der Waals surface area contributed by atoms with E-state index >= 15 is 0 Å². The first kappa shape index (κ1) is 16.0. The van der Waals surface area contributed by atoms with Crippen LogP contribution >= 0.6 is 0 Å². The minimum Gasteiger partial charge on any atom is -0.343 e. The smallest absolute Gasteiger partial charge is 0.224 e. The van der Waals surface area contributed by atoms with E-state index in [-0.39, 0.29) is 11.9 Å². The fraction of sp³-hybridized carbons (Fsp3) is 0.706. The Balaban J connectivity index is 1.43. The van der Waals surface area contributed by atoms with E-state index in [0.717, 1.165) is 45.4 Å². The van der Waals surface area contributed by atoms with Gasteiger partial charge in [-0.2, -0.15) is 0 Å². The first-order valence-corrected chi connectivity index (χ1v) is 8.66. The molecule has 2 aliphatic heterocycles. The Hall–Kier alpha value is -1.85. The molecule has 0 aliphatic carbocycles. The van der Waals surface area contributed by atoms with Gasteiger partial charge in [0.05, 0.1) is 6.33 Å². The van der Waals surface area contributed by atoms with Crippen molar-refractivity contribution in [1.82, 2.24) is 19.4 Å². The van der Waals surface area contributed by atoms with Crippen LogP contribution in [0.3, 0.4) is 0 Å². The van der Waals surface area contributed by atoms with Crippen molar-refractivity contribution in [3.63, 3.8) is 0 Å². The summed E-state index contributed by atoms with van der Waals surface area (Å²) in [4.78, 5) is 32.2. The van der Waals surface area contributed by atoms with Crippen LogP contribution in [-0.4, -0.2) is 57.3 Å². The number of nitrogens with zero attached hydrogens (tertiary/aromatic N) is 4. The Morgan fingerprint density at radius 3 is 2.74 bits per heavy atom. The van der Waals surface area contributed by atoms with E-state index in [1.807, 2.05) is 27.5 Å². The summed E-state index contributed by atoms with van der Waals surface area (Å²) in [6.45, 7) is 5.49. The largest absolute Gasteiger partial charge is 0.343 e. The second kappa shape index (κ2) is 7.15. The minimum absolute atomic E-state index is 0.143. The zero-order valence-corrected chi connectivity index (χ0v) is 13.9. The van der Waals surface area contributed by atoms with E-state index in [4.69, 9.17) is 0 Å². The van der Waals surface area contributed by atoms with Crippen molar-refractivity contribution >= 4 is 11.8 Å². The topological polar surface area (TPSA) is 58.4 Å². The van der Waals surface area contributed by atoms with E-state index in [9.17, 15) is 9.59 Å². The molecule has 1 atom stereocenters. The van der Waals surface area contributed by atoms with Crippen molar-refractivity contribution in [3.05, 3.63) is 18.7 Å². The van der Waals surface area contributed by atoms with Crippen molar-refractivity contribution < 1.29 is 9.59 Å². The van der Waals surface area contributed by atoms with Crippen molar-refractivity contribution in [2.75, 3.05) is 26.2 Å². The molecule has 2 amide bonds. The number of piperidine rings is 1. The molecule has 2 aliphatic rings. The van der Waals surface area contributed by atoms with E-state index in [0.29, 0.717) is 24.7 Å². The highest BCUT2D eigenvalue weighted by molar-refractivity contribution is 5.78. The van der Waals surface area contributed by atoms with Gasteiger partial charge in [-0.25, -0.2) is 4.98 Å². The molecule has 3 heterocycles. The number of hydrogen-bond acceptors (Lipinski definition) is 3. The minimum atomic E-state index is 0.143. The molecule has 2 saturated heterocycles. The lowest BCUT2D eigenvalue weighted by Gasteiger charge is -2.34. The maximum absolute atomic E-state index is 12.4. The molecule has 23 heavy (non-hydrogen) atoms. The average Bonchev–Trinajstić information content (AvgIpc) is 3.20.